The van der Waals surface area contributed by atoms with Crippen molar-refractivity contribution in [3.63, 3.8) is 0 Å². The van der Waals surface area contributed by atoms with Crippen molar-refractivity contribution in [2.24, 2.45) is 0 Å². The van der Waals surface area contributed by atoms with E-state index in [4.69, 9.17) is 21.1 Å². The lowest BCUT2D eigenvalue weighted by Crippen LogP contribution is -2.16. The Hall–Kier alpha value is -2.51. The number of ether oxygens (including phenoxy) is 2. The molecule has 0 unspecified atom stereocenters. The van der Waals surface area contributed by atoms with Crippen LogP contribution in [0, 0.1) is 6.92 Å². The molecule has 0 spiro atoms. The molecule has 1 aliphatic rings. The van der Waals surface area contributed by atoms with E-state index in [9.17, 15) is 4.79 Å². The summed E-state index contributed by atoms with van der Waals surface area (Å²) in [5.74, 6) is 1.49. The van der Waals surface area contributed by atoms with Gasteiger partial charge in [0, 0.05) is 10.6 Å². The third kappa shape index (κ3) is 3.79. The monoisotopic (exact) mass is 401 g/mol. The number of carbonyl (C=O) groups excluding carboxylic acids is 1. The van der Waals surface area contributed by atoms with Crippen molar-refractivity contribution in [3.8, 4) is 17.2 Å². The van der Waals surface area contributed by atoms with Gasteiger partial charge in [0.25, 0.3) is 0 Å². The number of carbonyl (C=O) groups is 1. The van der Waals surface area contributed by atoms with E-state index in [2.05, 4.69) is 10.2 Å². The van der Waals surface area contributed by atoms with Gasteiger partial charge in [-0.1, -0.05) is 29.4 Å². The fraction of sp³-hybridized carbons (Fsp3) is 0.211. The zero-order valence-electron chi connectivity index (χ0n) is 14.5. The Labute approximate surface area is 165 Å². The maximum atomic E-state index is 12.6. The minimum absolute atomic E-state index is 0.0199. The van der Waals surface area contributed by atoms with E-state index in [1.807, 2.05) is 29.7 Å². The van der Waals surface area contributed by atoms with E-state index in [0.29, 0.717) is 40.5 Å². The topological polar surface area (TPSA) is 66.2 Å². The van der Waals surface area contributed by atoms with E-state index in [-0.39, 0.29) is 11.5 Å². The van der Waals surface area contributed by atoms with Gasteiger partial charge >= 0.3 is 0 Å². The highest BCUT2D eigenvalue weighted by molar-refractivity contribution is 7.99. The van der Waals surface area contributed by atoms with Crippen LogP contribution in [0.2, 0.25) is 5.02 Å². The summed E-state index contributed by atoms with van der Waals surface area (Å²) < 4.78 is 12.8. The molecule has 3 aromatic rings. The molecular formula is C19H16ClN3O3S. The average Bonchev–Trinajstić information content (AvgIpc) is 3.16. The minimum Gasteiger partial charge on any atom is -0.486 e. The second kappa shape index (κ2) is 7.62. The largest absolute Gasteiger partial charge is 0.486 e. The van der Waals surface area contributed by atoms with Crippen molar-refractivity contribution in [1.82, 2.24) is 14.8 Å². The molecule has 0 N–H and O–H groups in total. The molecule has 2 aromatic carbocycles. The van der Waals surface area contributed by atoms with Crippen LogP contribution in [0.4, 0.5) is 0 Å². The molecule has 138 valence electrons. The lowest BCUT2D eigenvalue weighted by molar-refractivity contribution is 0.102. The Morgan fingerprint density at radius 1 is 1.19 bits per heavy atom. The van der Waals surface area contributed by atoms with Crippen LogP contribution < -0.4 is 9.47 Å². The molecule has 0 radical (unpaired) electrons. The fourth-order valence-electron chi connectivity index (χ4n) is 2.66. The van der Waals surface area contributed by atoms with Gasteiger partial charge in [-0.3, -0.25) is 9.36 Å². The number of ketones is 1. The number of benzene rings is 2. The molecule has 27 heavy (non-hydrogen) atoms. The second-order valence-electron chi connectivity index (χ2n) is 5.99. The van der Waals surface area contributed by atoms with Crippen LogP contribution in [0.25, 0.3) is 5.69 Å². The number of thioether (sulfide) groups is 1. The third-order valence-corrected chi connectivity index (χ3v) is 5.50. The molecule has 8 heteroatoms. The number of rotatable bonds is 5. The lowest BCUT2D eigenvalue weighted by atomic mass is 10.1. The van der Waals surface area contributed by atoms with Crippen molar-refractivity contribution in [2.75, 3.05) is 19.0 Å². The van der Waals surface area contributed by atoms with Crippen molar-refractivity contribution in [2.45, 2.75) is 12.1 Å². The number of Topliss-reactive ketones (excluding diaryl/α,β-unsaturated/α-hetero) is 1. The van der Waals surface area contributed by atoms with Gasteiger partial charge in [-0.05, 0) is 42.8 Å². The van der Waals surface area contributed by atoms with E-state index in [0.717, 1.165) is 11.3 Å². The molecule has 1 aliphatic heterocycles. The highest BCUT2D eigenvalue weighted by Crippen LogP contribution is 2.31. The van der Waals surface area contributed by atoms with Gasteiger partial charge in [0.05, 0.1) is 11.4 Å². The first kappa shape index (κ1) is 17.9. The number of hydrogen-bond donors (Lipinski definition) is 0. The summed E-state index contributed by atoms with van der Waals surface area (Å²) in [6.07, 6.45) is 1.61. The fourth-order valence-corrected chi connectivity index (χ4v) is 3.66. The van der Waals surface area contributed by atoms with Crippen LogP contribution in [0.15, 0.2) is 47.9 Å². The Morgan fingerprint density at radius 3 is 2.81 bits per heavy atom. The first-order chi connectivity index (χ1) is 13.1. The molecule has 0 amide bonds. The highest BCUT2D eigenvalue weighted by atomic mass is 35.5. The Morgan fingerprint density at radius 2 is 2.00 bits per heavy atom. The predicted molar refractivity (Wildman–Crippen MR) is 104 cm³/mol. The maximum Gasteiger partial charge on any atom is 0.196 e. The summed E-state index contributed by atoms with van der Waals surface area (Å²) in [5.41, 5.74) is 2.43. The Bertz CT molecular complexity index is 1010. The standard InChI is InChI=1S/C19H16ClN3O3S/c1-12-2-4-14(9-15(12)20)23-11-21-22-19(23)27-10-16(24)13-3-5-17-18(8-13)26-7-6-25-17/h2-5,8-9,11H,6-7,10H2,1H3. The quantitative estimate of drug-likeness (QED) is 0.476. The normalized spacial score (nSPS) is 12.8. The molecule has 2 heterocycles. The van der Waals surface area contributed by atoms with Crippen LogP contribution in [-0.4, -0.2) is 39.5 Å². The van der Waals surface area contributed by atoms with Gasteiger partial charge < -0.3 is 9.47 Å². The van der Waals surface area contributed by atoms with Crippen LogP contribution in [0.3, 0.4) is 0 Å². The minimum atomic E-state index is -0.0199. The van der Waals surface area contributed by atoms with E-state index in [1.165, 1.54) is 11.8 Å². The van der Waals surface area contributed by atoms with E-state index in [1.54, 1.807) is 24.5 Å². The summed E-state index contributed by atoms with van der Waals surface area (Å²) in [7, 11) is 0. The van der Waals surface area contributed by atoms with Gasteiger partial charge in [-0.2, -0.15) is 0 Å². The number of fused-ring (bicyclic) bond motifs is 1. The zero-order valence-corrected chi connectivity index (χ0v) is 16.1. The molecular weight excluding hydrogens is 386 g/mol. The highest BCUT2D eigenvalue weighted by Gasteiger charge is 2.16. The van der Waals surface area contributed by atoms with Crippen LogP contribution in [0.1, 0.15) is 15.9 Å². The SMILES string of the molecule is Cc1ccc(-n2cnnc2SCC(=O)c2ccc3c(c2)OCCO3)cc1Cl. The van der Waals surface area contributed by atoms with Crippen LogP contribution >= 0.6 is 23.4 Å². The van der Waals surface area contributed by atoms with E-state index >= 15 is 0 Å². The molecule has 4 rings (SSSR count). The number of aromatic nitrogens is 3. The molecule has 0 saturated carbocycles. The Balaban J connectivity index is 1.49. The van der Waals surface area contributed by atoms with Gasteiger partial charge in [0.2, 0.25) is 0 Å². The number of nitrogens with zero attached hydrogens (tertiary/aromatic N) is 3. The Kier molecular flexibility index (Phi) is 5.05. The summed E-state index contributed by atoms with van der Waals surface area (Å²) in [4.78, 5) is 12.6. The first-order valence-corrected chi connectivity index (χ1v) is 9.70. The van der Waals surface area contributed by atoms with Crippen molar-refractivity contribution < 1.29 is 14.3 Å². The summed E-state index contributed by atoms with van der Waals surface area (Å²) >= 11 is 7.54. The van der Waals surface area contributed by atoms with Gasteiger partial charge in [0.15, 0.2) is 22.4 Å². The number of halogens is 1. The van der Waals surface area contributed by atoms with Crippen LogP contribution in [0.5, 0.6) is 11.5 Å². The van der Waals surface area contributed by atoms with Crippen molar-refractivity contribution in [3.05, 3.63) is 58.9 Å². The maximum absolute atomic E-state index is 12.6. The molecule has 0 saturated heterocycles. The van der Waals surface area contributed by atoms with Crippen molar-refractivity contribution in [1.29, 1.82) is 0 Å². The van der Waals surface area contributed by atoms with Gasteiger partial charge in [-0.15, -0.1) is 10.2 Å². The number of hydrogen-bond acceptors (Lipinski definition) is 6. The van der Waals surface area contributed by atoms with Gasteiger partial charge in [-0.25, -0.2) is 0 Å². The van der Waals surface area contributed by atoms with Crippen LogP contribution in [-0.2, 0) is 0 Å². The molecule has 1 aromatic heterocycles. The zero-order chi connectivity index (χ0) is 18.8. The second-order valence-corrected chi connectivity index (χ2v) is 7.34. The lowest BCUT2D eigenvalue weighted by Gasteiger charge is -2.18. The molecule has 0 bridgehead atoms. The van der Waals surface area contributed by atoms with Gasteiger partial charge in [0.1, 0.15) is 19.5 Å². The molecule has 0 fully saturated rings. The molecule has 0 aliphatic carbocycles. The third-order valence-electron chi connectivity index (χ3n) is 4.15. The smallest absolute Gasteiger partial charge is 0.196 e. The molecule has 6 nitrogen and oxygen atoms in total. The average molecular weight is 402 g/mol. The first-order valence-electron chi connectivity index (χ1n) is 8.34. The summed E-state index contributed by atoms with van der Waals surface area (Å²) in [6.45, 7) is 2.95. The summed E-state index contributed by atoms with van der Waals surface area (Å²) in [6, 6.07) is 11.0. The molecule has 0 atom stereocenters. The van der Waals surface area contributed by atoms with Crippen molar-refractivity contribution >= 4 is 29.1 Å². The predicted octanol–water partition coefficient (Wildman–Crippen LogP) is 3.98. The number of aryl methyl sites for hydroxylation is 1. The van der Waals surface area contributed by atoms with E-state index < -0.39 is 0 Å². The summed E-state index contributed by atoms with van der Waals surface area (Å²) in [5, 5.41) is 9.37.